The van der Waals surface area contributed by atoms with Crippen LogP contribution in [0.5, 0.6) is 0 Å². The van der Waals surface area contributed by atoms with E-state index in [9.17, 15) is 9.59 Å². The van der Waals surface area contributed by atoms with Gasteiger partial charge in [-0.05, 0) is 54.1 Å². The van der Waals surface area contributed by atoms with Crippen molar-refractivity contribution in [2.75, 3.05) is 24.4 Å². The van der Waals surface area contributed by atoms with E-state index in [1.165, 1.54) is 11.1 Å². The maximum absolute atomic E-state index is 13.2. The Hall–Kier alpha value is -2.15. The number of anilines is 2. The highest BCUT2D eigenvalue weighted by Crippen LogP contribution is 2.65. The van der Waals surface area contributed by atoms with E-state index >= 15 is 0 Å². The molecule has 0 heterocycles. The Kier molecular flexibility index (Phi) is 7.46. The second-order valence-corrected chi connectivity index (χ2v) is 10.9. The molecule has 4 rings (SSSR count). The molecule has 5 nitrogen and oxygen atoms in total. The average molecular weight is 572 g/mol. The van der Waals surface area contributed by atoms with E-state index in [-0.39, 0.29) is 16.5 Å². The highest BCUT2D eigenvalue weighted by Gasteiger charge is 2.67. The third-order valence-electron chi connectivity index (χ3n) is 5.92. The van der Waals surface area contributed by atoms with Gasteiger partial charge in [0.2, 0.25) is 5.91 Å². The molecule has 0 unspecified atom stereocenters. The SMILES string of the molecule is CN(C(=O)c1cc(NC(=O)[C@H]2[C@H](c3cc(Cl)cc(Cl)c3)C2(Cl)Cl)ccc1Cl)N(C)c1ccccc1. The predicted octanol–water partition coefficient (Wildman–Crippen LogP) is 7.30. The number of nitrogens with zero attached hydrogens (tertiary/aromatic N) is 2. The molecule has 0 radical (unpaired) electrons. The zero-order valence-electron chi connectivity index (χ0n) is 18.6. The van der Waals surface area contributed by atoms with Gasteiger partial charge in [0.05, 0.1) is 22.2 Å². The molecule has 1 aliphatic carbocycles. The molecule has 182 valence electrons. The Bertz CT molecular complexity index is 1270. The highest BCUT2D eigenvalue weighted by molar-refractivity contribution is 6.53. The maximum Gasteiger partial charge on any atom is 0.273 e. The van der Waals surface area contributed by atoms with Crippen LogP contribution in [0.2, 0.25) is 15.1 Å². The van der Waals surface area contributed by atoms with Crippen LogP contribution in [0.25, 0.3) is 0 Å². The molecule has 1 saturated carbocycles. The smallest absolute Gasteiger partial charge is 0.273 e. The average Bonchev–Trinajstić information content (AvgIpc) is 3.41. The highest BCUT2D eigenvalue weighted by atomic mass is 35.5. The van der Waals surface area contributed by atoms with E-state index in [1.807, 2.05) is 30.3 Å². The fourth-order valence-corrected chi connectivity index (χ4v) is 5.51. The summed E-state index contributed by atoms with van der Waals surface area (Å²) in [6.07, 6.45) is 0. The van der Waals surface area contributed by atoms with E-state index in [0.717, 1.165) is 5.69 Å². The minimum Gasteiger partial charge on any atom is -0.326 e. The number of hydrogen-bond donors (Lipinski definition) is 1. The number of nitrogens with one attached hydrogen (secondary N) is 1. The first-order valence-corrected chi connectivity index (χ1v) is 12.4. The number of hydrogen-bond acceptors (Lipinski definition) is 3. The predicted molar refractivity (Wildman–Crippen MR) is 144 cm³/mol. The molecule has 0 saturated heterocycles. The van der Waals surface area contributed by atoms with Crippen LogP contribution in [-0.4, -0.2) is 35.3 Å². The van der Waals surface area contributed by atoms with Crippen molar-refractivity contribution in [2.24, 2.45) is 5.92 Å². The van der Waals surface area contributed by atoms with Gasteiger partial charge in [-0.3, -0.25) is 19.6 Å². The minimum absolute atomic E-state index is 0.228. The molecule has 3 aromatic carbocycles. The van der Waals surface area contributed by atoms with Crippen LogP contribution in [0.3, 0.4) is 0 Å². The molecule has 0 aliphatic heterocycles. The number of benzene rings is 3. The number of halogens is 5. The molecule has 1 aliphatic rings. The van der Waals surface area contributed by atoms with Gasteiger partial charge in [-0.15, -0.1) is 23.2 Å². The van der Waals surface area contributed by atoms with Crippen molar-refractivity contribution in [3.05, 3.63) is 92.9 Å². The van der Waals surface area contributed by atoms with Crippen molar-refractivity contribution in [1.29, 1.82) is 0 Å². The molecule has 1 fully saturated rings. The maximum atomic E-state index is 13.2. The summed E-state index contributed by atoms with van der Waals surface area (Å²) in [5, 5.41) is 7.03. The third-order valence-corrected chi connectivity index (χ3v) is 7.62. The van der Waals surface area contributed by atoms with E-state index < -0.39 is 22.1 Å². The molecule has 3 aromatic rings. The van der Waals surface area contributed by atoms with Crippen molar-refractivity contribution in [2.45, 2.75) is 10.3 Å². The fraction of sp³-hybridized carbons (Fsp3) is 0.200. The normalized spacial score (nSPS) is 18.0. The minimum atomic E-state index is -1.32. The fourth-order valence-electron chi connectivity index (χ4n) is 3.94. The van der Waals surface area contributed by atoms with Gasteiger partial charge in [0, 0.05) is 35.7 Å². The topological polar surface area (TPSA) is 52.7 Å². The van der Waals surface area contributed by atoms with Crippen molar-refractivity contribution < 1.29 is 9.59 Å². The van der Waals surface area contributed by atoms with E-state index in [4.69, 9.17) is 58.0 Å². The van der Waals surface area contributed by atoms with Gasteiger partial charge in [-0.2, -0.15) is 0 Å². The second kappa shape index (κ2) is 10.1. The Morgan fingerprint density at radius 1 is 0.886 bits per heavy atom. The van der Waals surface area contributed by atoms with E-state index in [2.05, 4.69) is 5.32 Å². The lowest BCUT2D eigenvalue weighted by atomic mass is 10.1. The number of carbonyl (C=O) groups excluding carboxylic acids is 2. The van der Waals surface area contributed by atoms with Gasteiger partial charge in [0.15, 0.2) is 0 Å². The number of hydrazine groups is 1. The summed E-state index contributed by atoms with van der Waals surface area (Å²) in [6.45, 7) is 0. The van der Waals surface area contributed by atoms with Gasteiger partial charge < -0.3 is 5.32 Å². The summed E-state index contributed by atoms with van der Waals surface area (Å²) >= 11 is 31.4. The number of alkyl halides is 2. The summed E-state index contributed by atoms with van der Waals surface area (Å²) < 4.78 is -1.32. The van der Waals surface area contributed by atoms with Crippen LogP contribution in [0, 0.1) is 5.92 Å². The van der Waals surface area contributed by atoms with Crippen LogP contribution >= 0.6 is 58.0 Å². The molecule has 1 N–H and O–H groups in total. The lowest BCUT2D eigenvalue weighted by Gasteiger charge is -2.30. The summed E-state index contributed by atoms with van der Waals surface area (Å²) in [6, 6.07) is 19.1. The zero-order valence-corrected chi connectivity index (χ0v) is 22.4. The lowest BCUT2D eigenvalue weighted by Crippen LogP contribution is -2.41. The van der Waals surface area contributed by atoms with Crippen LogP contribution in [0.4, 0.5) is 11.4 Å². The monoisotopic (exact) mass is 569 g/mol. The van der Waals surface area contributed by atoms with Crippen molar-refractivity contribution in [3.63, 3.8) is 0 Å². The Balaban J connectivity index is 1.52. The lowest BCUT2D eigenvalue weighted by molar-refractivity contribution is -0.117. The molecular weight excluding hydrogens is 552 g/mol. The van der Waals surface area contributed by atoms with Crippen molar-refractivity contribution in [3.8, 4) is 0 Å². The van der Waals surface area contributed by atoms with Gasteiger partial charge in [0.1, 0.15) is 4.33 Å². The molecule has 0 aromatic heterocycles. The Labute approximate surface area is 228 Å². The number of amides is 2. The summed E-state index contributed by atoms with van der Waals surface area (Å²) in [4.78, 5) is 26.2. The van der Waals surface area contributed by atoms with Crippen molar-refractivity contribution >= 4 is 81.2 Å². The Morgan fingerprint density at radius 3 is 2.14 bits per heavy atom. The molecular formula is C25H20Cl5N3O2. The first-order valence-electron chi connectivity index (χ1n) is 10.5. The molecule has 0 spiro atoms. The van der Waals surface area contributed by atoms with Crippen LogP contribution < -0.4 is 10.3 Å². The van der Waals surface area contributed by atoms with Gasteiger partial charge in [-0.1, -0.05) is 53.0 Å². The third kappa shape index (κ3) is 5.35. The first kappa shape index (κ1) is 25.9. The number of para-hydroxylation sites is 1. The summed E-state index contributed by atoms with van der Waals surface area (Å²) in [5.74, 6) is -1.96. The number of rotatable bonds is 6. The standard InChI is InChI=1S/C25H20Cl5N3O2/c1-32(18-6-4-3-5-7-18)33(2)24(35)19-13-17(8-9-20(19)28)31-23(34)22-21(25(22,29)30)14-10-15(26)12-16(27)11-14/h3-13,21-22H,1-2H3,(H,31,34)/t21-,22+/m0/s1. The molecule has 2 amide bonds. The number of carbonyl (C=O) groups is 2. The Morgan fingerprint density at radius 2 is 1.51 bits per heavy atom. The molecule has 10 heteroatoms. The van der Waals surface area contributed by atoms with Gasteiger partial charge in [0.25, 0.3) is 5.91 Å². The van der Waals surface area contributed by atoms with E-state index in [1.54, 1.807) is 49.4 Å². The van der Waals surface area contributed by atoms with Crippen LogP contribution in [0.15, 0.2) is 66.7 Å². The quantitative estimate of drug-likeness (QED) is 0.250. The van der Waals surface area contributed by atoms with Crippen molar-refractivity contribution in [1.82, 2.24) is 5.01 Å². The van der Waals surface area contributed by atoms with Gasteiger partial charge in [-0.25, -0.2) is 0 Å². The second-order valence-electron chi connectivity index (χ2n) is 8.20. The van der Waals surface area contributed by atoms with Gasteiger partial charge >= 0.3 is 0 Å². The summed E-state index contributed by atoms with van der Waals surface area (Å²) in [7, 11) is 3.40. The molecule has 0 bridgehead atoms. The zero-order chi connectivity index (χ0) is 25.5. The largest absolute Gasteiger partial charge is 0.326 e. The van der Waals surface area contributed by atoms with Crippen LogP contribution in [0.1, 0.15) is 21.8 Å². The molecule has 2 atom stereocenters. The summed E-state index contributed by atoms with van der Waals surface area (Å²) in [5.41, 5.74) is 2.11. The first-order chi connectivity index (χ1) is 16.5. The van der Waals surface area contributed by atoms with Crippen LogP contribution in [-0.2, 0) is 4.79 Å². The van der Waals surface area contributed by atoms with E-state index in [0.29, 0.717) is 21.3 Å². The molecule has 35 heavy (non-hydrogen) atoms.